The molecule has 0 saturated heterocycles. The van der Waals surface area contributed by atoms with Gasteiger partial charge in [0.25, 0.3) is 6.71 Å². The van der Waals surface area contributed by atoms with Crippen molar-refractivity contribution in [1.82, 2.24) is 9.13 Å². The van der Waals surface area contributed by atoms with Gasteiger partial charge in [-0.2, -0.15) is 0 Å². The maximum absolute atomic E-state index is 6.79. The molecule has 13 bridgehead atoms. The molecule has 15 aromatic carbocycles. The SMILES string of the molecule is CC(C)(C)c1cc2c3c(c1)N1c4cc(-n5c6cc(C(C)(C)C)ccc6c6ccc(C(C)(C)C)cc65)ccc4B3c3ccc(-n4c5cc(C(C)(C)C)ccc5c5ccc(C(C)(C)C)cc54)cc3N2c2c(-c3ccccc3)cccc2-c2cccc(c2)-c2ccc3oc4ccc(cc4c3c2)-c2cccc(c2)-c2cccc(-c3ccccc3)c21. The van der Waals surface area contributed by atoms with Crippen molar-refractivity contribution in [1.29, 1.82) is 0 Å². The summed E-state index contributed by atoms with van der Waals surface area (Å²) < 4.78 is 12.0. The summed E-state index contributed by atoms with van der Waals surface area (Å²) in [5, 5.41) is 7.12. The van der Waals surface area contributed by atoms with E-state index < -0.39 is 0 Å². The average molecular weight is 1500 g/mol. The number of fused-ring (bicyclic) bond motifs is 26. The van der Waals surface area contributed by atoms with Gasteiger partial charge in [0.15, 0.2) is 0 Å². The fourth-order valence-corrected chi connectivity index (χ4v) is 19.2. The van der Waals surface area contributed by atoms with E-state index in [0.29, 0.717) is 0 Å². The molecule has 0 radical (unpaired) electrons. The van der Waals surface area contributed by atoms with Crippen LogP contribution in [0.4, 0.5) is 34.1 Å². The van der Waals surface area contributed by atoms with E-state index in [1.807, 2.05) is 0 Å². The summed E-state index contributed by atoms with van der Waals surface area (Å²) in [4.78, 5) is 5.49. The van der Waals surface area contributed by atoms with Crippen LogP contribution in [0.2, 0.25) is 0 Å². The van der Waals surface area contributed by atoms with E-state index in [0.717, 1.165) is 134 Å². The zero-order valence-electron chi connectivity index (χ0n) is 69.1. The van der Waals surface area contributed by atoms with Gasteiger partial charge in [-0.05, 0) is 213 Å². The number of anilines is 6. The highest BCUT2D eigenvalue weighted by molar-refractivity contribution is 7.00. The van der Waals surface area contributed by atoms with Gasteiger partial charge in [0.2, 0.25) is 0 Å². The van der Waals surface area contributed by atoms with Crippen molar-refractivity contribution in [3.8, 4) is 78.1 Å². The van der Waals surface area contributed by atoms with Crippen molar-refractivity contribution < 1.29 is 4.42 Å². The van der Waals surface area contributed by atoms with Gasteiger partial charge in [-0.15, -0.1) is 0 Å². The summed E-state index contributed by atoms with van der Waals surface area (Å²) in [5.41, 5.74) is 38.2. The van der Waals surface area contributed by atoms with Crippen LogP contribution < -0.4 is 26.2 Å². The summed E-state index contributed by atoms with van der Waals surface area (Å²) in [6.45, 7) is 35.1. The Morgan fingerprint density at radius 2 is 0.552 bits per heavy atom. The molecule has 0 spiro atoms. The first-order valence-corrected chi connectivity index (χ1v) is 41.5. The quantitative estimate of drug-likeness (QED) is 0.165. The predicted octanol–water partition coefficient (Wildman–Crippen LogP) is 28.7. The van der Waals surface area contributed by atoms with Gasteiger partial charge in [-0.25, -0.2) is 0 Å². The van der Waals surface area contributed by atoms with Gasteiger partial charge in [0, 0.05) is 88.7 Å². The Labute approximate surface area is 681 Å². The summed E-state index contributed by atoms with van der Waals surface area (Å²) in [6, 6.07) is 118. The maximum Gasteiger partial charge on any atom is 0.252 e. The summed E-state index contributed by atoms with van der Waals surface area (Å²) in [5.74, 6) is 0. The van der Waals surface area contributed by atoms with E-state index >= 15 is 0 Å². The molecule has 5 nitrogen and oxygen atoms in total. The highest BCUT2D eigenvalue weighted by Crippen LogP contribution is 2.56. The number of aromatic nitrogens is 2. The van der Waals surface area contributed by atoms with Crippen LogP contribution in [0.25, 0.3) is 144 Å². The van der Waals surface area contributed by atoms with E-state index in [2.05, 4.69) is 426 Å². The molecule has 3 aliphatic heterocycles. The Balaban J connectivity index is 0.960. The topological polar surface area (TPSA) is 29.5 Å². The Hall–Kier alpha value is -12.6. The van der Waals surface area contributed by atoms with Crippen LogP contribution in [0.5, 0.6) is 0 Å². The molecule has 6 heteroatoms. The zero-order valence-corrected chi connectivity index (χ0v) is 69.1. The van der Waals surface area contributed by atoms with Gasteiger partial charge in [0.05, 0.1) is 33.4 Å². The third kappa shape index (κ3) is 11.2. The predicted molar refractivity (Wildman–Crippen MR) is 496 cm³/mol. The molecule has 3 aliphatic rings. The van der Waals surface area contributed by atoms with Gasteiger partial charge in [-0.1, -0.05) is 310 Å². The molecule has 0 saturated carbocycles. The van der Waals surface area contributed by atoms with Crippen molar-refractivity contribution in [3.63, 3.8) is 0 Å². The highest BCUT2D eigenvalue weighted by atomic mass is 16.3. The smallest absolute Gasteiger partial charge is 0.252 e. The minimum absolute atomic E-state index is 0.112. The summed E-state index contributed by atoms with van der Waals surface area (Å²) >= 11 is 0. The average Bonchev–Trinajstić information content (AvgIpc) is 0.720. The van der Waals surface area contributed by atoms with Crippen molar-refractivity contribution in [3.05, 3.63) is 331 Å². The molecule has 18 aromatic rings. The van der Waals surface area contributed by atoms with Crippen LogP contribution in [0.1, 0.15) is 132 Å². The molecule has 116 heavy (non-hydrogen) atoms. The lowest BCUT2D eigenvalue weighted by atomic mass is 9.33. The minimum atomic E-state index is -0.367. The number of furan rings is 1. The second-order valence-electron chi connectivity index (χ2n) is 38.2. The molecule has 0 N–H and O–H groups in total. The van der Waals surface area contributed by atoms with Crippen LogP contribution in [0, 0.1) is 0 Å². The molecule has 0 amide bonds. The van der Waals surface area contributed by atoms with Crippen LogP contribution in [-0.2, 0) is 27.1 Å². The fourth-order valence-electron chi connectivity index (χ4n) is 19.2. The Kier molecular flexibility index (Phi) is 15.6. The molecule has 6 heterocycles. The van der Waals surface area contributed by atoms with Crippen LogP contribution >= 0.6 is 0 Å². The standard InChI is InChI=1S/C110H95BN4O/c1-106(2,3)74-40-46-85-86-47-41-75(107(4,5)6)59-94(86)112(93(85)58-74)79-44-50-91-97(64-79)114-99-62-78(110(13,14)15)63-100-103(99)111(91)92-51-45-80(113-95-60-76(108(7,8)9)42-48-87(95)88-49-43-77(61-96(88)113)109(10,11)12)65-98(92)115(100)105-82(67-28-20-17-21-29-67)35-25-37-84(105)73-33-23-31-69(55-73)71-39-53-102-90(57-71)89-56-70(38-52-101(89)116-102)68-30-22-32-72(54-68)83-36-24-34-81(104(83)114)66-26-18-16-19-27-66/h16-65H,1-15H3. The first-order valence-electron chi connectivity index (χ1n) is 41.5. The second-order valence-corrected chi connectivity index (χ2v) is 38.2. The molecule has 0 unspecified atom stereocenters. The number of para-hydroxylation sites is 2. The zero-order chi connectivity index (χ0) is 79.5. The van der Waals surface area contributed by atoms with Gasteiger partial charge >= 0.3 is 0 Å². The Morgan fingerprint density at radius 3 is 0.905 bits per heavy atom. The minimum Gasteiger partial charge on any atom is -0.456 e. The number of nitrogens with zero attached hydrogens (tertiary/aromatic N) is 4. The molecular formula is C110H95BN4O. The van der Waals surface area contributed by atoms with Crippen molar-refractivity contribution >= 4 is 123 Å². The van der Waals surface area contributed by atoms with Crippen LogP contribution in [0.3, 0.4) is 0 Å². The van der Waals surface area contributed by atoms with E-state index in [4.69, 9.17) is 4.42 Å². The molecule has 0 aliphatic carbocycles. The number of rotatable bonds is 4. The first-order chi connectivity index (χ1) is 55.7. The summed E-state index contributed by atoms with van der Waals surface area (Å²) in [7, 11) is 0. The van der Waals surface area contributed by atoms with Crippen LogP contribution in [0.15, 0.2) is 308 Å². The van der Waals surface area contributed by atoms with E-state index in [1.54, 1.807) is 0 Å². The number of benzene rings is 15. The number of hydrogen-bond donors (Lipinski definition) is 0. The molecule has 0 fully saturated rings. The Bertz CT molecular complexity index is 6610. The van der Waals surface area contributed by atoms with Crippen molar-refractivity contribution in [2.75, 3.05) is 9.80 Å². The van der Waals surface area contributed by atoms with Crippen molar-refractivity contribution in [2.24, 2.45) is 0 Å². The third-order valence-electron chi connectivity index (χ3n) is 25.6. The lowest BCUT2D eigenvalue weighted by Crippen LogP contribution is -2.61. The van der Waals surface area contributed by atoms with Gasteiger partial charge < -0.3 is 23.4 Å². The first kappa shape index (κ1) is 71.2. The lowest BCUT2D eigenvalue weighted by molar-refractivity contribution is 0.590. The van der Waals surface area contributed by atoms with Crippen molar-refractivity contribution in [2.45, 2.75) is 131 Å². The monoisotopic (exact) mass is 1500 g/mol. The van der Waals surface area contributed by atoms with Gasteiger partial charge in [0.1, 0.15) is 11.2 Å². The second kappa shape index (κ2) is 25.4. The molecule has 564 valence electrons. The van der Waals surface area contributed by atoms with E-state index in [9.17, 15) is 0 Å². The summed E-state index contributed by atoms with van der Waals surface area (Å²) in [6.07, 6.45) is 0. The third-order valence-corrected chi connectivity index (χ3v) is 25.6. The highest BCUT2D eigenvalue weighted by Gasteiger charge is 2.47. The lowest BCUT2D eigenvalue weighted by Gasteiger charge is -2.46. The van der Waals surface area contributed by atoms with Gasteiger partial charge in [-0.3, -0.25) is 0 Å². The van der Waals surface area contributed by atoms with E-state index in [-0.39, 0.29) is 33.8 Å². The maximum atomic E-state index is 6.79. The molecule has 21 rings (SSSR count). The largest absolute Gasteiger partial charge is 0.456 e. The molecule has 3 aromatic heterocycles. The molecular weight excluding hydrogens is 1400 g/mol. The van der Waals surface area contributed by atoms with E-state index in [1.165, 1.54) is 87.8 Å². The Morgan fingerprint density at radius 1 is 0.233 bits per heavy atom. The normalized spacial score (nSPS) is 13.4. The molecule has 0 atom stereocenters. The fraction of sp³-hybridized carbons (Fsp3) is 0.182. The number of hydrogen-bond acceptors (Lipinski definition) is 3. The van der Waals surface area contributed by atoms with Crippen LogP contribution in [-0.4, -0.2) is 15.8 Å².